The molecule has 0 aromatic carbocycles. The van der Waals surface area contributed by atoms with Crippen LogP contribution in [0.4, 0.5) is 0 Å². The van der Waals surface area contributed by atoms with Crippen molar-refractivity contribution in [1.29, 1.82) is 0 Å². The summed E-state index contributed by atoms with van der Waals surface area (Å²) in [7, 11) is 0. The van der Waals surface area contributed by atoms with Crippen molar-refractivity contribution in [2.75, 3.05) is 13.1 Å². The fraction of sp³-hybridized carbons (Fsp3) is 0.929. The Labute approximate surface area is 204 Å². The zero-order chi connectivity index (χ0) is 24.6. The fourth-order valence-corrected chi connectivity index (χ4v) is 4.57. The lowest BCUT2D eigenvalue weighted by Crippen LogP contribution is -2.43. The second kappa shape index (κ2) is 24.0. The molecular weight excluding hydrogens is 414 g/mol. The molecule has 0 aromatic rings. The first-order valence-electron chi connectivity index (χ1n) is 14.2. The van der Waals surface area contributed by atoms with E-state index in [1.54, 1.807) is 0 Å². The molecule has 0 aliphatic carbocycles. The maximum atomic E-state index is 11.7. The van der Waals surface area contributed by atoms with Gasteiger partial charge in [-0.1, -0.05) is 129 Å². The molecule has 0 spiro atoms. The summed E-state index contributed by atoms with van der Waals surface area (Å²) in [5, 5.41) is 18.8. The summed E-state index contributed by atoms with van der Waals surface area (Å²) < 4.78 is 0. The molecule has 0 aliphatic rings. The van der Waals surface area contributed by atoms with E-state index in [1.165, 1.54) is 103 Å². The summed E-state index contributed by atoms with van der Waals surface area (Å²) in [6.45, 7) is 5.87. The Morgan fingerprint density at radius 3 is 1.12 bits per heavy atom. The monoisotopic (exact) mass is 469 g/mol. The van der Waals surface area contributed by atoms with Crippen LogP contribution in [0.2, 0.25) is 0 Å². The molecule has 0 aliphatic heterocycles. The zero-order valence-corrected chi connectivity index (χ0v) is 22.0. The second-order valence-electron chi connectivity index (χ2n) is 9.85. The third kappa shape index (κ3) is 21.2. The Morgan fingerprint density at radius 1 is 0.545 bits per heavy atom. The standard InChI is InChI=1S/C28H55NO4/c1-3-5-7-9-11-13-15-17-19-21-23-29(26(28(32)33)25-27(30)31)24-22-20-18-16-14-12-10-8-6-4-2/h26H,3-25H2,1-2H3,(H,30,31)(H,32,33)/t26-/m0/s1. The van der Waals surface area contributed by atoms with E-state index < -0.39 is 18.0 Å². The van der Waals surface area contributed by atoms with Crippen molar-refractivity contribution in [3.63, 3.8) is 0 Å². The van der Waals surface area contributed by atoms with Gasteiger partial charge in [0.15, 0.2) is 0 Å². The topological polar surface area (TPSA) is 77.8 Å². The number of carbonyl (C=O) groups is 2. The van der Waals surface area contributed by atoms with Gasteiger partial charge in [0.25, 0.3) is 0 Å². The Kier molecular flexibility index (Phi) is 23.2. The van der Waals surface area contributed by atoms with Crippen LogP contribution in [0.3, 0.4) is 0 Å². The molecule has 0 saturated heterocycles. The Bertz CT molecular complexity index is 431. The van der Waals surface area contributed by atoms with Crippen LogP contribution < -0.4 is 0 Å². The highest BCUT2D eigenvalue weighted by atomic mass is 16.4. The molecule has 0 saturated carbocycles. The predicted octanol–water partition coefficient (Wildman–Crippen LogP) is 8.06. The van der Waals surface area contributed by atoms with Crippen molar-refractivity contribution >= 4 is 11.9 Å². The van der Waals surface area contributed by atoms with E-state index in [9.17, 15) is 19.8 Å². The number of unbranched alkanes of at least 4 members (excludes halogenated alkanes) is 18. The van der Waals surface area contributed by atoms with Gasteiger partial charge in [-0.15, -0.1) is 0 Å². The normalized spacial score (nSPS) is 12.3. The number of rotatable bonds is 26. The molecule has 5 heteroatoms. The highest BCUT2D eigenvalue weighted by Gasteiger charge is 2.27. The van der Waals surface area contributed by atoms with E-state index in [2.05, 4.69) is 13.8 Å². The molecule has 0 radical (unpaired) electrons. The van der Waals surface area contributed by atoms with Crippen molar-refractivity contribution in [2.24, 2.45) is 0 Å². The van der Waals surface area contributed by atoms with Crippen LogP contribution in [0, 0.1) is 0 Å². The van der Waals surface area contributed by atoms with Crippen LogP contribution in [0.15, 0.2) is 0 Å². The predicted molar refractivity (Wildman–Crippen MR) is 139 cm³/mol. The van der Waals surface area contributed by atoms with Crippen LogP contribution in [0.1, 0.15) is 149 Å². The number of nitrogens with zero attached hydrogens (tertiary/aromatic N) is 1. The largest absolute Gasteiger partial charge is 0.481 e. The number of hydrogen-bond donors (Lipinski definition) is 2. The molecule has 1 atom stereocenters. The molecule has 0 fully saturated rings. The molecule has 0 heterocycles. The zero-order valence-electron chi connectivity index (χ0n) is 22.0. The number of aliphatic carboxylic acids is 2. The van der Waals surface area contributed by atoms with E-state index >= 15 is 0 Å². The molecule has 0 unspecified atom stereocenters. The van der Waals surface area contributed by atoms with Gasteiger partial charge in [-0.05, 0) is 25.9 Å². The van der Waals surface area contributed by atoms with Crippen LogP contribution in [0.5, 0.6) is 0 Å². The Morgan fingerprint density at radius 2 is 0.848 bits per heavy atom. The van der Waals surface area contributed by atoms with Crippen molar-refractivity contribution < 1.29 is 19.8 Å². The maximum absolute atomic E-state index is 11.7. The number of hydrogen-bond acceptors (Lipinski definition) is 3. The molecule has 0 aromatic heterocycles. The van der Waals surface area contributed by atoms with E-state index in [-0.39, 0.29) is 6.42 Å². The summed E-state index contributed by atoms with van der Waals surface area (Å²) >= 11 is 0. The molecule has 196 valence electrons. The lowest BCUT2D eigenvalue weighted by Gasteiger charge is -2.28. The fourth-order valence-electron chi connectivity index (χ4n) is 4.57. The maximum Gasteiger partial charge on any atom is 0.321 e. The van der Waals surface area contributed by atoms with Crippen molar-refractivity contribution in [2.45, 2.75) is 155 Å². The molecule has 0 amide bonds. The SMILES string of the molecule is CCCCCCCCCCCCN(CCCCCCCCCCCC)[C@@H](CC(=O)O)C(=O)O. The second-order valence-corrected chi connectivity index (χ2v) is 9.85. The molecule has 33 heavy (non-hydrogen) atoms. The average molecular weight is 470 g/mol. The summed E-state index contributed by atoms with van der Waals surface area (Å²) in [5.41, 5.74) is 0. The van der Waals surface area contributed by atoms with E-state index in [0.717, 1.165) is 25.7 Å². The van der Waals surface area contributed by atoms with Gasteiger partial charge < -0.3 is 10.2 Å². The van der Waals surface area contributed by atoms with E-state index in [0.29, 0.717) is 13.1 Å². The van der Waals surface area contributed by atoms with Gasteiger partial charge in [0.2, 0.25) is 0 Å². The summed E-state index contributed by atoms with van der Waals surface area (Å²) in [4.78, 5) is 24.9. The molecule has 0 bridgehead atoms. The summed E-state index contributed by atoms with van der Waals surface area (Å²) in [5.74, 6) is -2.03. The van der Waals surface area contributed by atoms with Gasteiger partial charge in [-0.3, -0.25) is 14.5 Å². The highest BCUT2D eigenvalue weighted by molar-refractivity contribution is 5.80. The van der Waals surface area contributed by atoms with Crippen LogP contribution in [0.25, 0.3) is 0 Å². The summed E-state index contributed by atoms with van der Waals surface area (Å²) in [6.07, 6.45) is 24.6. The van der Waals surface area contributed by atoms with Crippen LogP contribution >= 0.6 is 0 Å². The Hall–Kier alpha value is -1.10. The van der Waals surface area contributed by atoms with E-state index in [4.69, 9.17) is 0 Å². The third-order valence-corrected chi connectivity index (χ3v) is 6.69. The smallest absolute Gasteiger partial charge is 0.321 e. The lowest BCUT2D eigenvalue weighted by atomic mass is 10.0. The third-order valence-electron chi connectivity index (χ3n) is 6.69. The summed E-state index contributed by atoms with van der Waals surface area (Å²) in [6, 6.07) is -0.903. The quantitative estimate of drug-likeness (QED) is 0.125. The van der Waals surface area contributed by atoms with E-state index in [1.807, 2.05) is 4.90 Å². The first-order valence-corrected chi connectivity index (χ1v) is 14.2. The lowest BCUT2D eigenvalue weighted by molar-refractivity contribution is -0.149. The van der Waals surface area contributed by atoms with Gasteiger partial charge in [-0.2, -0.15) is 0 Å². The van der Waals surface area contributed by atoms with Gasteiger partial charge in [0.05, 0.1) is 6.42 Å². The molecular formula is C28H55NO4. The number of carboxylic acids is 2. The highest BCUT2D eigenvalue weighted by Crippen LogP contribution is 2.15. The minimum atomic E-state index is -1.03. The van der Waals surface area contributed by atoms with Crippen molar-refractivity contribution in [3.05, 3.63) is 0 Å². The minimum absolute atomic E-state index is 0.315. The molecule has 2 N–H and O–H groups in total. The van der Waals surface area contributed by atoms with Gasteiger partial charge in [0, 0.05) is 0 Å². The molecule has 5 nitrogen and oxygen atoms in total. The van der Waals surface area contributed by atoms with Gasteiger partial charge in [0.1, 0.15) is 6.04 Å². The molecule has 0 rings (SSSR count). The van der Waals surface area contributed by atoms with Crippen molar-refractivity contribution in [3.8, 4) is 0 Å². The van der Waals surface area contributed by atoms with Crippen LogP contribution in [-0.2, 0) is 9.59 Å². The first-order chi connectivity index (χ1) is 16.0. The van der Waals surface area contributed by atoms with Gasteiger partial charge >= 0.3 is 11.9 Å². The van der Waals surface area contributed by atoms with Crippen molar-refractivity contribution in [1.82, 2.24) is 4.90 Å². The minimum Gasteiger partial charge on any atom is -0.481 e. The Balaban J connectivity index is 4.14. The van der Waals surface area contributed by atoms with Crippen LogP contribution in [-0.4, -0.2) is 46.2 Å². The van der Waals surface area contributed by atoms with Gasteiger partial charge in [-0.25, -0.2) is 0 Å². The number of carboxylic acid groups (broad SMARTS) is 2. The average Bonchev–Trinajstić information content (AvgIpc) is 2.78. The first kappa shape index (κ1) is 31.9.